The molecule has 0 aliphatic heterocycles. The first-order valence-electron chi connectivity index (χ1n) is 15.3. The van der Waals surface area contributed by atoms with Gasteiger partial charge in [-0.05, 0) is 46.2 Å². The molecule has 0 unspecified atom stereocenters. The highest BCUT2D eigenvalue weighted by molar-refractivity contribution is 6.53. The highest BCUT2D eigenvalue weighted by Crippen LogP contribution is 2.35. The molecular formula is C40H30N6O2. The minimum atomic E-state index is -0.408. The number of Topliss-reactive ketones (excluding diaryl/α,β-unsaturated/α-hetero) is 2. The highest BCUT2D eigenvalue weighted by atomic mass is 16.2. The summed E-state index contributed by atoms with van der Waals surface area (Å²) in [6.45, 7) is 0. The molecule has 1 aromatic heterocycles. The van der Waals surface area contributed by atoms with Crippen LogP contribution >= 0.6 is 0 Å². The van der Waals surface area contributed by atoms with Gasteiger partial charge in [0.25, 0.3) is 0 Å². The Morgan fingerprint density at radius 1 is 0.354 bits per heavy atom. The third kappa shape index (κ3) is 5.17. The van der Waals surface area contributed by atoms with Gasteiger partial charge in [-0.15, -0.1) is 0 Å². The largest absolute Gasteiger partial charge is 0.397 e. The second-order valence-corrected chi connectivity index (χ2v) is 11.3. The Morgan fingerprint density at radius 2 is 0.750 bits per heavy atom. The van der Waals surface area contributed by atoms with Crippen molar-refractivity contribution in [1.82, 2.24) is 9.97 Å². The van der Waals surface area contributed by atoms with Gasteiger partial charge in [-0.25, -0.2) is 9.97 Å². The summed E-state index contributed by atoms with van der Waals surface area (Å²) in [4.78, 5) is 33.4. The molecule has 8 heteroatoms. The molecule has 0 radical (unpaired) electrons. The van der Waals surface area contributed by atoms with Crippen molar-refractivity contribution < 1.29 is 9.59 Å². The minimum Gasteiger partial charge on any atom is -0.397 e. The number of fused-ring (bicyclic) bond motifs is 10. The number of nitrogen functional groups attached to an aromatic ring is 4. The molecule has 9 rings (SSSR count). The van der Waals surface area contributed by atoms with Crippen LogP contribution in [-0.2, 0) is 0 Å². The summed E-state index contributed by atoms with van der Waals surface area (Å²) in [6.07, 6.45) is 0. The second kappa shape index (κ2) is 12.2. The molecule has 8 nitrogen and oxygen atoms in total. The summed E-state index contributed by atoms with van der Waals surface area (Å²) in [7, 11) is 0. The molecule has 48 heavy (non-hydrogen) atoms. The molecule has 0 bridgehead atoms. The number of nitrogens with zero attached hydrogens (tertiary/aromatic N) is 2. The van der Waals surface area contributed by atoms with E-state index in [1.165, 1.54) is 10.8 Å². The number of nitrogens with two attached hydrogens (primary N) is 4. The normalized spacial score (nSPS) is 11.8. The maximum Gasteiger partial charge on any atom is 0.234 e. The zero-order valence-electron chi connectivity index (χ0n) is 25.7. The van der Waals surface area contributed by atoms with Crippen molar-refractivity contribution in [2.45, 2.75) is 0 Å². The lowest BCUT2D eigenvalue weighted by Crippen LogP contribution is -2.20. The smallest absolute Gasteiger partial charge is 0.234 e. The SMILES string of the molecule is Nc1cccc(N)c1N.Nc1cccc2nc3c4ccccc4c4ccccc4c3nc12.O=C1C(=O)c2ccccc2-c2ccccc21. The highest BCUT2D eigenvalue weighted by Gasteiger charge is 2.29. The fraction of sp³-hybridized carbons (Fsp3) is 0. The van der Waals surface area contributed by atoms with Gasteiger partial charge in [0.15, 0.2) is 0 Å². The van der Waals surface area contributed by atoms with Crippen molar-refractivity contribution in [2.75, 3.05) is 22.9 Å². The van der Waals surface area contributed by atoms with Crippen molar-refractivity contribution in [3.63, 3.8) is 0 Å². The topological polar surface area (TPSA) is 164 Å². The van der Waals surface area contributed by atoms with Crippen LogP contribution in [0.2, 0.25) is 0 Å². The van der Waals surface area contributed by atoms with Crippen molar-refractivity contribution in [3.05, 3.63) is 145 Å². The maximum atomic E-state index is 11.8. The first kappa shape index (κ1) is 29.9. The van der Waals surface area contributed by atoms with E-state index in [0.29, 0.717) is 33.9 Å². The molecule has 0 saturated heterocycles. The lowest BCUT2D eigenvalue weighted by Gasteiger charge is -2.16. The number of hydrogen-bond acceptors (Lipinski definition) is 8. The summed E-state index contributed by atoms with van der Waals surface area (Å²) in [5.74, 6) is -0.816. The van der Waals surface area contributed by atoms with Gasteiger partial charge in [-0.2, -0.15) is 0 Å². The lowest BCUT2D eigenvalue weighted by atomic mass is 9.84. The maximum absolute atomic E-state index is 11.8. The van der Waals surface area contributed by atoms with Crippen molar-refractivity contribution >= 4 is 77.9 Å². The Balaban J connectivity index is 0.000000126. The summed E-state index contributed by atoms with van der Waals surface area (Å²) < 4.78 is 0. The van der Waals surface area contributed by atoms with Crippen molar-refractivity contribution in [3.8, 4) is 11.1 Å². The van der Waals surface area contributed by atoms with E-state index in [9.17, 15) is 9.59 Å². The molecule has 1 aliphatic carbocycles. The van der Waals surface area contributed by atoms with Crippen LogP contribution in [0.1, 0.15) is 20.7 Å². The number of ketones is 2. The summed E-state index contributed by atoms with van der Waals surface area (Å²) in [6, 6.07) is 42.1. The van der Waals surface area contributed by atoms with Gasteiger partial charge in [0.2, 0.25) is 11.6 Å². The fourth-order valence-corrected chi connectivity index (χ4v) is 6.00. The number of carbonyl (C=O) groups is 2. The van der Waals surface area contributed by atoms with E-state index < -0.39 is 11.6 Å². The average Bonchev–Trinajstić information content (AvgIpc) is 3.13. The molecule has 232 valence electrons. The third-order valence-electron chi connectivity index (χ3n) is 8.39. The van der Waals surface area contributed by atoms with Crippen LogP contribution in [0.15, 0.2) is 133 Å². The lowest BCUT2D eigenvalue weighted by molar-refractivity contribution is 0.0815. The van der Waals surface area contributed by atoms with E-state index in [1.54, 1.807) is 42.5 Å². The van der Waals surface area contributed by atoms with Crippen LogP contribution in [0.4, 0.5) is 22.7 Å². The van der Waals surface area contributed by atoms with Crippen LogP contribution in [0.5, 0.6) is 0 Å². The third-order valence-corrected chi connectivity index (χ3v) is 8.39. The molecule has 1 aliphatic rings. The first-order chi connectivity index (χ1) is 23.3. The number of aromatic nitrogens is 2. The number of hydrogen-bond donors (Lipinski definition) is 4. The van der Waals surface area contributed by atoms with Gasteiger partial charge < -0.3 is 22.9 Å². The number of carbonyl (C=O) groups excluding carboxylic acids is 2. The minimum absolute atomic E-state index is 0.408. The number of anilines is 4. The van der Waals surface area contributed by atoms with Gasteiger partial charge in [-0.3, -0.25) is 9.59 Å². The van der Waals surface area contributed by atoms with E-state index in [-0.39, 0.29) is 0 Å². The zero-order chi connectivity index (χ0) is 33.4. The second-order valence-electron chi connectivity index (χ2n) is 11.3. The Hall–Kier alpha value is -6.80. The number of benzene rings is 7. The van der Waals surface area contributed by atoms with Gasteiger partial charge in [0, 0.05) is 21.9 Å². The van der Waals surface area contributed by atoms with Crippen molar-refractivity contribution in [1.29, 1.82) is 0 Å². The van der Waals surface area contributed by atoms with Crippen LogP contribution in [0, 0.1) is 0 Å². The zero-order valence-corrected chi connectivity index (χ0v) is 25.7. The number of para-hydroxylation sites is 2. The monoisotopic (exact) mass is 626 g/mol. The summed E-state index contributed by atoms with van der Waals surface area (Å²) in [5.41, 5.74) is 30.7. The Labute approximate surface area is 275 Å². The van der Waals surface area contributed by atoms with Gasteiger partial charge in [-0.1, -0.05) is 109 Å². The van der Waals surface area contributed by atoms with Crippen LogP contribution in [-0.4, -0.2) is 21.5 Å². The fourth-order valence-electron chi connectivity index (χ4n) is 6.00. The molecular weight excluding hydrogens is 596 g/mol. The average molecular weight is 627 g/mol. The predicted molar refractivity (Wildman–Crippen MR) is 197 cm³/mol. The van der Waals surface area contributed by atoms with Gasteiger partial charge >= 0.3 is 0 Å². The van der Waals surface area contributed by atoms with E-state index in [1.807, 2.05) is 54.6 Å². The standard InChI is InChI=1S/C20H13N3.C14H8O2.C6H9N3/c21-16-10-5-11-17-20(16)23-19-15-9-4-2-7-13(15)12-6-1-3-8-14(12)18(19)22-17;15-13-11-7-3-1-5-9(11)10-6-2-4-8-12(10)14(13)16;7-4-2-1-3-5(8)6(4)9/h1-11H,21H2;1-8H;1-3H,7-9H2. The summed E-state index contributed by atoms with van der Waals surface area (Å²) >= 11 is 0. The quantitative estimate of drug-likeness (QED) is 0.0572. The first-order valence-corrected chi connectivity index (χ1v) is 15.3. The van der Waals surface area contributed by atoms with Gasteiger partial charge in [0.05, 0.1) is 39.3 Å². The van der Waals surface area contributed by atoms with E-state index in [4.69, 9.17) is 32.9 Å². The molecule has 0 spiro atoms. The predicted octanol–water partition coefficient (Wildman–Crippen LogP) is 7.84. The Kier molecular flexibility index (Phi) is 7.59. The molecule has 0 saturated carbocycles. The molecule has 7 aromatic carbocycles. The van der Waals surface area contributed by atoms with Crippen LogP contribution in [0.3, 0.4) is 0 Å². The molecule has 8 N–H and O–H groups in total. The van der Waals surface area contributed by atoms with Crippen LogP contribution in [0.25, 0.3) is 54.7 Å². The number of rotatable bonds is 0. The Bertz CT molecular complexity index is 2490. The molecule has 0 atom stereocenters. The summed E-state index contributed by atoms with van der Waals surface area (Å²) in [5, 5.41) is 4.63. The molecule has 0 fully saturated rings. The molecule has 8 aromatic rings. The van der Waals surface area contributed by atoms with Crippen molar-refractivity contribution in [2.24, 2.45) is 0 Å². The van der Waals surface area contributed by atoms with Gasteiger partial charge in [0.1, 0.15) is 5.52 Å². The Morgan fingerprint density at radius 3 is 1.25 bits per heavy atom. The van der Waals surface area contributed by atoms with Crippen LogP contribution < -0.4 is 22.9 Å². The van der Waals surface area contributed by atoms with E-state index in [2.05, 4.69) is 36.4 Å². The van der Waals surface area contributed by atoms with E-state index >= 15 is 0 Å². The molecule has 0 amide bonds. The van der Waals surface area contributed by atoms with E-state index in [0.717, 1.165) is 44.0 Å². The molecule has 1 heterocycles.